The number of nitrogens with zero attached hydrogens (tertiary/aromatic N) is 2. The highest BCUT2D eigenvalue weighted by Crippen LogP contribution is 2.29. The van der Waals surface area contributed by atoms with Crippen LogP contribution in [0, 0.1) is 11.3 Å². The van der Waals surface area contributed by atoms with Gasteiger partial charge in [0.2, 0.25) is 0 Å². The number of rotatable bonds is 3. The third kappa shape index (κ3) is 2.54. The Hall–Kier alpha value is -3.00. The topological polar surface area (TPSA) is 96.1 Å². The Labute approximate surface area is 117 Å². The number of benzene rings is 2. The predicted molar refractivity (Wildman–Crippen MR) is 78.6 cm³/mol. The van der Waals surface area contributed by atoms with Crippen molar-refractivity contribution in [2.45, 2.75) is 0 Å². The molecule has 0 heterocycles. The van der Waals surface area contributed by atoms with E-state index in [1.54, 1.807) is 48.3 Å². The lowest BCUT2D eigenvalue weighted by molar-refractivity contribution is 0.100. The predicted octanol–water partition coefficient (Wildman–Crippen LogP) is 2.01. The van der Waals surface area contributed by atoms with Crippen molar-refractivity contribution >= 4 is 23.0 Å². The van der Waals surface area contributed by atoms with Gasteiger partial charge in [-0.3, -0.25) is 4.79 Å². The molecule has 0 aliphatic carbocycles. The van der Waals surface area contributed by atoms with Crippen molar-refractivity contribution in [1.29, 1.82) is 5.26 Å². The molecule has 5 nitrogen and oxygen atoms in total. The Balaban J connectivity index is 2.52. The SMILES string of the molecule is CN(c1cccc(C#N)c1)c1cc(N)ccc1C(N)=O. The van der Waals surface area contributed by atoms with Crippen LogP contribution in [0.2, 0.25) is 0 Å². The summed E-state index contributed by atoms with van der Waals surface area (Å²) < 4.78 is 0. The quantitative estimate of drug-likeness (QED) is 0.830. The second-order valence-electron chi connectivity index (χ2n) is 4.36. The molecule has 1 amide bonds. The summed E-state index contributed by atoms with van der Waals surface area (Å²) in [6.07, 6.45) is 0. The van der Waals surface area contributed by atoms with E-state index in [0.717, 1.165) is 5.69 Å². The van der Waals surface area contributed by atoms with Crippen LogP contribution in [0.15, 0.2) is 42.5 Å². The van der Waals surface area contributed by atoms with E-state index in [4.69, 9.17) is 16.7 Å². The van der Waals surface area contributed by atoms with Crippen LogP contribution in [0.1, 0.15) is 15.9 Å². The molecule has 100 valence electrons. The van der Waals surface area contributed by atoms with Gasteiger partial charge in [-0.2, -0.15) is 5.26 Å². The summed E-state index contributed by atoms with van der Waals surface area (Å²) in [5, 5.41) is 8.94. The highest BCUT2D eigenvalue weighted by molar-refractivity contribution is 6.00. The first-order chi connectivity index (χ1) is 9.52. The fourth-order valence-electron chi connectivity index (χ4n) is 1.96. The van der Waals surface area contributed by atoms with Gasteiger partial charge in [-0.25, -0.2) is 0 Å². The number of nitrogens with two attached hydrogens (primary N) is 2. The number of carbonyl (C=O) groups is 1. The maximum atomic E-state index is 11.5. The van der Waals surface area contributed by atoms with Crippen LogP contribution in [0.4, 0.5) is 17.1 Å². The lowest BCUT2D eigenvalue weighted by Gasteiger charge is -2.22. The van der Waals surface area contributed by atoms with E-state index in [2.05, 4.69) is 6.07 Å². The Kier molecular flexibility index (Phi) is 3.58. The molecule has 4 N–H and O–H groups in total. The van der Waals surface area contributed by atoms with E-state index in [1.165, 1.54) is 0 Å². The molecule has 0 bridgehead atoms. The Bertz CT molecular complexity index is 703. The summed E-state index contributed by atoms with van der Waals surface area (Å²) in [6, 6.07) is 14.0. The molecule has 5 heteroatoms. The largest absolute Gasteiger partial charge is 0.399 e. The molecule has 0 saturated heterocycles. The van der Waals surface area contributed by atoms with Gasteiger partial charge < -0.3 is 16.4 Å². The molecule has 0 spiro atoms. The minimum atomic E-state index is -0.525. The first-order valence-corrected chi connectivity index (χ1v) is 5.96. The molecule has 0 fully saturated rings. The summed E-state index contributed by atoms with van der Waals surface area (Å²) in [7, 11) is 1.79. The third-order valence-electron chi connectivity index (χ3n) is 3.01. The van der Waals surface area contributed by atoms with Crippen molar-refractivity contribution in [3.8, 4) is 6.07 Å². The van der Waals surface area contributed by atoms with Gasteiger partial charge in [0.05, 0.1) is 22.9 Å². The number of carbonyl (C=O) groups excluding carboxylic acids is 1. The number of amides is 1. The Morgan fingerprint density at radius 3 is 2.65 bits per heavy atom. The Morgan fingerprint density at radius 1 is 1.25 bits per heavy atom. The highest BCUT2D eigenvalue weighted by atomic mass is 16.1. The van der Waals surface area contributed by atoms with Crippen LogP contribution in [0.5, 0.6) is 0 Å². The van der Waals surface area contributed by atoms with Crippen molar-refractivity contribution in [2.75, 3.05) is 17.7 Å². The molecule has 2 rings (SSSR count). The first kappa shape index (κ1) is 13.4. The van der Waals surface area contributed by atoms with Gasteiger partial charge in [-0.05, 0) is 36.4 Å². The molecule has 2 aromatic rings. The number of hydrogen-bond donors (Lipinski definition) is 2. The van der Waals surface area contributed by atoms with Crippen LogP contribution < -0.4 is 16.4 Å². The standard InChI is InChI=1S/C15H14N4O/c1-19(12-4-2-3-10(7-12)9-16)14-8-11(17)5-6-13(14)15(18)20/h2-8H,17H2,1H3,(H2,18,20). The zero-order valence-corrected chi connectivity index (χ0v) is 11.0. The van der Waals surface area contributed by atoms with Crippen molar-refractivity contribution < 1.29 is 4.79 Å². The van der Waals surface area contributed by atoms with Crippen LogP contribution in [0.3, 0.4) is 0 Å². The van der Waals surface area contributed by atoms with E-state index in [-0.39, 0.29) is 0 Å². The van der Waals surface area contributed by atoms with Crippen molar-refractivity contribution in [3.63, 3.8) is 0 Å². The van der Waals surface area contributed by atoms with Gasteiger partial charge in [0.15, 0.2) is 0 Å². The number of nitriles is 1. The van der Waals surface area contributed by atoms with Gasteiger partial charge in [0.25, 0.3) is 5.91 Å². The van der Waals surface area contributed by atoms with Crippen LogP contribution in [0.25, 0.3) is 0 Å². The number of nitrogen functional groups attached to an aromatic ring is 1. The summed E-state index contributed by atoms with van der Waals surface area (Å²) in [4.78, 5) is 13.3. The van der Waals surface area contributed by atoms with Gasteiger partial charge in [-0.1, -0.05) is 6.07 Å². The number of primary amides is 1. The second-order valence-corrected chi connectivity index (χ2v) is 4.36. The summed E-state index contributed by atoms with van der Waals surface area (Å²) in [5.74, 6) is -0.525. The zero-order valence-electron chi connectivity index (χ0n) is 11.0. The first-order valence-electron chi connectivity index (χ1n) is 5.96. The maximum Gasteiger partial charge on any atom is 0.250 e. The van der Waals surface area contributed by atoms with E-state index >= 15 is 0 Å². The number of hydrogen-bond acceptors (Lipinski definition) is 4. The normalized spacial score (nSPS) is 9.80. The molecule has 0 saturated carbocycles. The summed E-state index contributed by atoms with van der Waals surface area (Å²) >= 11 is 0. The van der Waals surface area contributed by atoms with Crippen LogP contribution in [-0.4, -0.2) is 13.0 Å². The van der Waals surface area contributed by atoms with Crippen molar-refractivity contribution in [1.82, 2.24) is 0 Å². The molecule has 20 heavy (non-hydrogen) atoms. The molecular weight excluding hydrogens is 252 g/mol. The fraction of sp³-hybridized carbons (Fsp3) is 0.0667. The second kappa shape index (κ2) is 5.33. The zero-order chi connectivity index (χ0) is 14.7. The third-order valence-corrected chi connectivity index (χ3v) is 3.01. The molecule has 0 atom stereocenters. The maximum absolute atomic E-state index is 11.5. The smallest absolute Gasteiger partial charge is 0.250 e. The van der Waals surface area contributed by atoms with E-state index in [9.17, 15) is 4.79 Å². The molecule has 0 aromatic heterocycles. The molecule has 0 aliphatic heterocycles. The Morgan fingerprint density at radius 2 is 2.00 bits per heavy atom. The molecule has 0 aliphatic rings. The van der Waals surface area contributed by atoms with E-state index in [1.807, 2.05) is 6.07 Å². The number of anilines is 3. The minimum absolute atomic E-state index is 0.379. The molecular formula is C15H14N4O. The fourth-order valence-corrected chi connectivity index (χ4v) is 1.96. The lowest BCUT2D eigenvalue weighted by atomic mass is 10.1. The average molecular weight is 266 g/mol. The molecule has 0 radical (unpaired) electrons. The molecule has 2 aromatic carbocycles. The van der Waals surface area contributed by atoms with Crippen molar-refractivity contribution in [3.05, 3.63) is 53.6 Å². The summed E-state index contributed by atoms with van der Waals surface area (Å²) in [5.41, 5.74) is 14.0. The van der Waals surface area contributed by atoms with Crippen LogP contribution >= 0.6 is 0 Å². The van der Waals surface area contributed by atoms with E-state index < -0.39 is 5.91 Å². The van der Waals surface area contributed by atoms with Gasteiger partial charge in [-0.15, -0.1) is 0 Å². The average Bonchev–Trinajstić information content (AvgIpc) is 2.46. The monoisotopic (exact) mass is 266 g/mol. The van der Waals surface area contributed by atoms with Gasteiger partial charge in [0.1, 0.15) is 0 Å². The minimum Gasteiger partial charge on any atom is -0.399 e. The van der Waals surface area contributed by atoms with E-state index in [0.29, 0.717) is 22.5 Å². The molecule has 0 unspecified atom stereocenters. The highest BCUT2D eigenvalue weighted by Gasteiger charge is 2.14. The van der Waals surface area contributed by atoms with Crippen molar-refractivity contribution in [2.24, 2.45) is 5.73 Å². The van der Waals surface area contributed by atoms with Crippen LogP contribution in [-0.2, 0) is 0 Å². The lowest BCUT2D eigenvalue weighted by Crippen LogP contribution is -2.18. The van der Waals surface area contributed by atoms with Gasteiger partial charge >= 0.3 is 0 Å². The van der Waals surface area contributed by atoms with Gasteiger partial charge in [0, 0.05) is 18.4 Å². The summed E-state index contributed by atoms with van der Waals surface area (Å²) in [6.45, 7) is 0.